The van der Waals surface area contributed by atoms with E-state index < -0.39 is 34.0 Å². The fraction of sp³-hybridized carbons (Fsp3) is 0.467. The molecule has 134 valence electrons. The maximum absolute atomic E-state index is 12.3. The molecule has 8 nitrogen and oxygen atoms in total. The fourth-order valence-corrected chi connectivity index (χ4v) is 3.56. The van der Waals surface area contributed by atoms with E-state index in [2.05, 4.69) is 5.32 Å². The van der Waals surface area contributed by atoms with E-state index in [1.54, 1.807) is 13.8 Å². The Bertz CT molecular complexity index is 680. The number of hydrogen-bond donors (Lipinski definition) is 3. The molecule has 3 N–H and O–H groups in total. The van der Waals surface area contributed by atoms with Gasteiger partial charge in [-0.05, 0) is 31.2 Å². The van der Waals surface area contributed by atoms with Crippen molar-refractivity contribution < 1.29 is 28.2 Å². The molecule has 24 heavy (non-hydrogen) atoms. The number of carbonyl (C=O) groups excluding carboxylic acids is 1. The normalized spacial score (nSPS) is 14.2. The molecule has 0 aliphatic carbocycles. The molecule has 0 saturated carbocycles. The van der Waals surface area contributed by atoms with E-state index in [-0.39, 0.29) is 10.5 Å². The molecule has 0 unspecified atom stereocenters. The number of aliphatic hydroxyl groups excluding tert-OH is 1. The molecule has 9 heteroatoms. The number of hydrogen-bond acceptors (Lipinski definition) is 5. The first-order valence-electron chi connectivity index (χ1n) is 7.47. The number of rotatable bonds is 8. The highest BCUT2D eigenvalue weighted by Gasteiger charge is 2.26. The van der Waals surface area contributed by atoms with E-state index >= 15 is 0 Å². The van der Waals surface area contributed by atoms with Crippen molar-refractivity contribution in [1.29, 1.82) is 0 Å². The largest absolute Gasteiger partial charge is 0.480 e. The number of nitrogens with one attached hydrogen (secondary N) is 1. The van der Waals surface area contributed by atoms with Crippen LogP contribution in [0.5, 0.6) is 0 Å². The summed E-state index contributed by atoms with van der Waals surface area (Å²) in [5.74, 6) is -2.07. The zero-order chi connectivity index (χ0) is 18.5. The summed E-state index contributed by atoms with van der Waals surface area (Å²) in [5.41, 5.74) is 0.0976. The van der Waals surface area contributed by atoms with Crippen molar-refractivity contribution in [2.24, 2.45) is 0 Å². The molecular weight excluding hydrogens is 336 g/mol. The molecule has 0 spiro atoms. The van der Waals surface area contributed by atoms with Crippen LogP contribution in [0.15, 0.2) is 29.2 Å². The minimum absolute atomic E-state index is 0.0491. The summed E-state index contributed by atoms with van der Waals surface area (Å²) in [4.78, 5) is 23.0. The van der Waals surface area contributed by atoms with E-state index in [1.165, 1.54) is 35.5 Å². The van der Waals surface area contributed by atoms with Crippen LogP contribution >= 0.6 is 0 Å². The number of carboxylic acid groups (broad SMARTS) is 1. The second-order valence-electron chi connectivity index (χ2n) is 5.14. The number of carboxylic acids is 1. The molecule has 0 aromatic heterocycles. The van der Waals surface area contributed by atoms with Crippen LogP contribution in [0.25, 0.3) is 0 Å². The van der Waals surface area contributed by atoms with E-state index in [9.17, 15) is 23.1 Å². The molecule has 1 aromatic rings. The first-order chi connectivity index (χ1) is 11.1. The van der Waals surface area contributed by atoms with Gasteiger partial charge < -0.3 is 15.5 Å². The lowest BCUT2D eigenvalue weighted by Gasteiger charge is -2.19. The first-order valence-corrected chi connectivity index (χ1v) is 8.91. The van der Waals surface area contributed by atoms with E-state index in [1.807, 2.05) is 0 Å². The van der Waals surface area contributed by atoms with Gasteiger partial charge in [0, 0.05) is 18.7 Å². The summed E-state index contributed by atoms with van der Waals surface area (Å²) in [6, 6.07) is 3.73. The number of benzene rings is 1. The van der Waals surface area contributed by atoms with Gasteiger partial charge in [-0.2, -0.15) is 4.31 Å². The van der Waals surface area contributed by atoms with Crippen LogP contribution in [0, 0.1) is 0 Å². The van der Waals surface area contributed by atoms with Crippen LogP contribution in [0.2, 0.25) is 0 Å². The Balaban J connectivity index is 2.99. The molecule has 0 bridgehead atoms. The molecule has 1 aromatic carbocycles. The van der Waals surface area contributed by atoms with Gasteiger partial charge in [0.2, 0.25) is 10.0 Å². The molecule has 0 saturated heterocycles. The number of amides is 1. The molecule has 0 heterocycles. The van der Waals surface area contributed by atoms with Gasteiger partial charge in [-0.3, -0.25) is 4.79 Å². The van der Waals surface area contributed by atoms with Crippen molar-refractivity contribution in [3.63, 3.8) is 0 Å². The first kappa shape index (κ1) is 20.1. The molecule has 0 fully saturated rings. The third-order valence-corrected chi connectivity index (χ3v) is 5.56. The molecule has 0 aliphatic rings. The van der Waals surface area contributed by atoms with Gasteiger partial charge in [-0.1, -0.05) is 13.8 Å². The van der Waals surface area contributed by atoms with Crippen molar-refractivity contribution >= 4 is 21.9 Å². The Labute approximate surface area is 141 Å². The zero-order valence-electron chi connectivity index (χ0n) is 13.8. The summed E-state index contributed by atoms with van der Waals surface area (Å²) >= 11 is 0. The quantitative estimate of drug-likeness (QED) is 0.613. The molecule has 1 amide bonds. The summed E-state index contributed by atoms with van der Waals surface area (Å²) in [6.45, 7) is 5.36. The van der Waals surface area contributed by atoms with Crippen LogP contribution in [0.3, 0.4) is 0 Å². The third-order valence-electron chi connectivity index (χ3n) is 3.49. The van der Waals surface area contributed by atoms with Gasteiger partial charge in [0.25, 0.3) is 5.91 Å². The van der Waals surface area contributed by atoms with Crippen molar-refractivity contribution in [3.8, 4) is 0 Å². The van der Waals surface area contributed by atoms with Crippen LogP contribution in [0.1, 0.15) is 31.1 Å². The van der Waals surface area contributed by atoms with Gasteiger partial charge in [0.1, 0.15) is 0 Å². The summed E-state index contributed by atoms with van der Waals surface area (Å²) in [5, 5.41) is 20.5. The Morgan fingerprint density at radius 2 is 1.67 bits per heavy atom. The zero-order valence-corrected chi connectivity index (χ0v) is 14.6. The van der Waals surface area contributed by atoms with Gasteiger partial charge in [0.05, 0.1) is 11.0 Å². The number of carbonyl (C=O) groups is 2. The van der Waals surface area contributed by atoms with Crippen LogP contribution < -0.4 is 5.32 Å². The van der Waals surface area contributed by atoms with Crippen molar-refractivity contribution in [3.05, 3.63) is 29.8 Å². The highest BCUT2D eigenvalue weighted by Crippen LogP contribution is 2.16. The summed E-state index contributed by atoms with van der Waals surface area (Å²) in [7, 11) is -3.63. The Hall–Kier alpha value is -1.97. The number of aliphatic hydroxyl groups is 1. The van der Waals surface area contributed by atoms with Crippen molar-refractivity contribution in [1.82, 2.24) is 9.62 Å². The molecule has 0 radical (unpaired) electrons. The Kier molecular flexibility index (Phi) is 6.88. The maximum atomic E-state index is 12.3. The maximum Gasteiger partial charge on any atom is 0.328 e. The predicted molar refractivity (Wildman–Crippen MR) is 87.1 cm³/mol. The fourth-order valence-electron chi connectivity index (χ4n) is 2.10. The highest BCUT2D eigenvalue weighted by atomic mass is 32.2. The topological polar surface area (TPSA) is 124 Å². The van der Waals surface area contributed by atoms with E-state index in [0.717, 1.165) is 0 Å². The van der Waals surface area contributed by atoms with Crippen LogP contribution in [-0.4, -0.2) is 60.0 Å². The van der Waals surface area contributed by atoms with E-state index in [0.29, 0.717) is 13.1 Å². The van der Waals surface area contributed by atoms with Crippen LogP contribution in [0.4, 0.5) is 0 Å². The molecule has 1 rings (SSSR count). The molecular formula is C15H22N2O6S. The lowest BCUT2D eigenvalue weighted by molar-refractivity contribution is -0.141. The second kappa shape index (κ2) is 8.22. The average Bonchev–Trinajstić information content (AvgIpc) is 2.52. The van der Waals surface area contributed by atoms with Crippen molar-refractivity contribution in [2.45, 2.75) is 37.8 Å². The van der Waals surface area contributed by atoms with Gasteiger partial charge in [-0.15, -0.1) is 0 Å². The third kappa shape index (κ3) is 4.53. The summed E-state index contributed by atoms with van der Waals surface area (Å²) < 4.78 is 26.0. The minimum atomic E-state index is -3.63. The Morgan fingerprint density at radius 1 is 1.17 bits per heavy atom. The number of sulfonamides is 1. The minimum Gasteiger partial charge on any atom is -0.480 e. The molecule has 0 aliphatic heterocycles. The standard InChI is InChI=1S/C15H22N2O6S/c1-4-17(5-2)24(22,23)12-8-6-11(7-9-12)14(19)16-13(10(3)18)15(20)21/h6-10,13,18H,4-5H2,1-3H3,(H,16,19)(H,20,21)/t10-,13-/m0/s1. The van der Waals surface area contributed by atoms with E-state index in [4.69, 9.17) is 5.11 Å². The van der Waals surface area contributed by atoms with Crippen molar-refractivity contribution in [2.75, 3.05) is 13.1 Å². The van der Waals surface area contributed by atoms with Gasteiger partial charge >= 0.3 is 5.97 Å². The SMILES string of the molecule is CCN(CC)S(=O)(=O)c1ccc(C(=O)N[C@H](C(=O)O)[C@H](C)O)cc1. The highest BCUT2D eigenvalue weighted by molar-refractivity contribution is 7.89. The number of aliphatic carboxylic acids is 1. The lowest BCUT2D eigenvalue weighted by atomic mass is 10.1. The molecule has 2 atom stereocenters. The average molecular weight is 358 g/mol. The second-order valence-corrected chi connectivity index (χ2v) is 7.08. The smallest absolute Gasteiger partial charge is 0.328 e. The Morgan fingerprint density at radius 3 is 2.04 bits per heavy atom. The lowest BCUT2D eigenvalue weighted by Crippen LogP contribution is -2.47. The monoisotopic (exact) mass is 358 g/mol. The number of nitrogens with zero attached hydrogens (tertiary/aromatic N) is 1. The van der Waals surface area contributed by atoms with Gasteiger partial charge in [0.15, 0.2) is 6.04 Å². The van der Waals surface area contributed by atoms with Gasteiger partial charge in [-0.25, -0.2) is 13.2 Å². The van der Waals surface area contributed by atoms with Crippen LogP contribution in [-0.2, 0) is 14.8 Å². The predicted octanol–water partition coefficient (Wildman–Crippen LogP) is 0.281. The summed E-state index contributed by atoms with van der Waals surface area (Å²) in [6.07, 6.45) is -1.27.